The monoisotopic (exact) mass is 401 g/mol. The number of aryl methyl sites for hydroxylation is 1. The predicted octanol–water partition coefficient (Wildman–Crippen LogP) is -0.849. The van der Waals surface area contributed by atoms with Crippen molar-refractivity contribution in [2.45, 2.75) is 37.8 Å². The molecule has 1 saturated heterocycles. The molecular weight excluding hydrogens is 382 g/mol. The Morgan fingerprint density at radius 2 is 1.79 bits per heavy atom. The van der Waals surface area contributed by atoms with Gasteiger partial charge in [-0.15, -0.1) is 0 Å². The minimum Gasteiger partial charge on any atom is -0.394 e. The highest BCUT2D eigenvalue weighted by Gasteiger charge is 2.50. The highest BCUT2D eigenvalue weighted by molar-refractivity contribution is 6.21. The van der Waals surface area contributed by atoms with Crippen LogP contribution >= 0.6 is 0 Å². The first-order chi connectivity index (χ1) is 13.8. The summed E-state index contributed by atoms with van der Waals surface area (Å²) in [6, 6.07) is 5.45. The van der Waals surface area contributed by atoms with Crippen molar-refractivity contribution in [2.24, 2.45) is 0 Å². The molecular formula is C19H19N3O7. The van der Waals surface area contributed by atoms with Gasteiger partial charge in [0.1, 0.15) is 18.4 Å². The van der Waals surface area contributed by atoms with Crippen molar-refractivity contribution in [3.63, 3.8) is 0 Å². The molecule has 2 amide bonds. The molecule has 1 fully saturated rings. The standard InChI is InChI=1S/C19H19N3O7/c1-9-7-21(19(28)20-16(9)25)14-6-12(15(29-14)13(24)8-23)22-17(26)10-4-2-3-5-11(10)18(22)27/h2-5,7,12-15,23-24H,6,8H2,1H3,(H,20,25,28)/t12-,13-,14+,15+/m1/s1. The fourth-order valence-corrected chi connectivity index (χ4v) is 3.86. The second-order valence-electron chi connectivity index (χ2n) is 7.11. The maximum atomic E-state index is 12.8. The van der Waals surface area contributed by atoms with Crippen molar-refractivity contribution >= 4 is 11.8 Å². The van der Waals surface area contributed by atoms with Crippen LogP contribution in [-0.4, -0.2) is 61.3 Å². The Morgan fingerprint density at radius 1 is 1.17 bits per heavy atom. The van der Waals surface area contributed by atoms with Crippen LogP contribution in [0, 0.1) is 6.92 Å². The number of fused-ring (bicyclic) bond motifs is 1. The van der Waals surface area contributed by atoms with Crippen molar-refractivity contribution in [3.8, 4) is 0 Å². The van der Waals surface area contributed by atoms with E-state index in [0.29, 0.717) is 0 Å². The van der Waals surface area contributed by atoms with Crippen LogP contribution in [0.3, 0.4) is 0 Å². The molecule has 2 aliphatic rings. The fraction of sp³-hybridized carbons (Fsp3) is 0.368. The van der Waals surface area contributed by atoms with Gasteiger partial charge in [-0.1, -0.05) is 12.1 Å². The molecule has 152 valence electrons. The number of H-pyrrole nitrogens is 1. The summed E-state index contributed by atoms with van der Waals surface area (Å²) >= 11 is 0. The van der Waals surface area contributed by atoms with E-state index in [-0.39, 0.29) is 23.1 Å². The maximum Gasteiger partial charge on any atom is 0.330 e. The third kappa shape index (κ3) is 3.01. The SMILES string of the molecule is Cc1cn([C@@H]2C[C@@H](N3C(=O)c4ccccc4C3=O)[C@@H]([C@H](O)CO)O2)c(=O)[nH]c1=O. The number of aliphatic hydroxyl groups is 2. The van der Waals surface area contributed by atoms with E-state index < -0.39 is 54.1 Å². The zero-order chi connectivity index (χ0) is 20.9. The third-order valence-corrected chi connectivity index (χ3v) is 5.32. The number of aromatic amines is 1. The van der Waals surface area contributed by atoms with Crippen LogP contribution in [0.2, 0.25) is 0 Å². The molecule has 10 heteroatoms. The minimum atomic E-state index is -1.38. The van der Waals surface area contributed by atoms with Gasteiger partial charge in [0.05, 0.1) is 23.8 Å². The first-order valence-corrected chi connectivity index (χ1v) is 9.07. The number of amides is 2. The molecule has 3 N–H and O–H groups in total. The largest absolute Gasteiger partial charge is 0.394 e. The lowest BCUT2D eigenvalue weighted by atomic mass is 10.0. The molecule has 4 atom stereocenters. The van der Waals surface area contributed by atoms with Gasteiger partial charge in [-0.2, -0.15) is 0 Å². The van der Waals surface area contributed by atoms with Gasteiger partial charge >= 0.3 is 5.69 Å². The summed E-state index contributed by atoms with van der Waals surface area (Å²) < 4.78 is 6.93. The molecule has 1 aromatic carbocycles. The predicted molar refractivity (Wildman–Crippen MR) is 98.4 cm³/mol. The van der Waals surface area contributed by atoms with Gasteiger partial charge in [0.25, 0.3) is 17.4 Å². The van der Waals surface area contributed by atoms with Crippen LogP contribution in [0.5, 0.6) is 0 Å². The summed E-state index contributed by atoms with van der Waals surface area (Å²) in [5, 5.41) is 19.7. The van der Waals surface area contributed by atoms with Crippen molar-refractivity contribution in [1.82, 2.24) is 14.5 Å². The van der Waals surface area contributed by atoms with E-state index in [9.17, 15) is 29.4 Å². The number of carbonyl (C=O) groups excluding carboxylic acids is 2. The highest BCUT2D eigenvalue weighted by atomic mass is 16.5. The summed E-state index contributed by atoms with van der Waals surface area (Å²) in [5.41, 5.74) is -0.485. The molecule has 2 aromatic rings. The average molecular weight is 401 g/mol. The maximum absolute atomic E-state index is 12.8. The van der Waals surface area contributed by atoms with Crippen LogP contribution in [0.1, 0.15) is 38.9 Å². The average Bonchev–Trinajstić information content (AvgIpc) is 3.24. The van der Waals surface area contributed by atoms with Crippen LogP contribution in [0.15, 0.2) is 40.1 Å². The number of carbonyl (C=O) groups is 2. The summed E-state index contributed by atoms with van der Waals surface area (Å²) in [6.45, 7) is 0.863. The van der Waals surface area contributed by atoms with Crippen molar-refractivity contribution in [1.29, 1.82) is 0 Å². The first kappa shape index (κ1) is 19.2. The van der Waals surface area contributed by atoms with Gasteiger partial charge in [-0.25, -0.2) is 4.79 Å². The number of hydrogen-bond acceptors (Lipinski definition) is 7. The van der Waals surface area contributed by atoms with Gasteiger partial charge in [0.15, 0.2) is 0 Å². The van der Waals surface area contributed by atoms with E-state index in [0.717, 1.165) is 9.47 Å². The lowest BCUT2D eigenvalue weighted by molar-refractivity contribution is -0.0852. The number of benzene rings is 1. The Hall–Kier alpha value is -3.08. The molecule has 0 saturated carbocycles. The van der Waals surface area contributed by atoms with E-state index in [1.165, 1.54) is 25.3 Å². The van der Waals surface area contributed by atoms with E-state index >= 15 is 0 Å². The van der Waals surface area contributed by atoms with E-state index in [1.54, 1.807) is 12.1 Å². The van der Waals surface area contributed by atoms with Crippen molar-refractivity contribution < 1.29 is 24.5 Å². The molecule has 29 heavy (non-hydrogen) atoms. The number of imide groups is 1. The lowest BCUT2D eigenvalue weighted by Crippen LogP contribution is -2.49. The topological polar surface area (TPSA) is 142 Å². The molecule has 4 rings (SSSR count). The molecule has 3 heterocycles. The van der Waals surface area contributed by atoms with Crippen LogP contribution in [0.4, 0.5) is 0 Å². The Kier molecular flexibility index (Phi) is 4.69. The Labute approximate surface area is 164 Å². The van der Waals surface area contributed by atoms with Crippen LogP contribution in [0.25, 0.3) is 0 Å². The van der Waals surface area contributed by atoms with Crippen LogP contribution in [-0.2, 0) is 4.74 Å². The number of aliphatic hydroxyl groups excluding tert-OH is 2. The number of aromatic nitrogens is 2. The Morgan fingerprint density at radius 3 is 2.38 bits per heavy atom. The quantitative estimate of drug-likeness (QED) is 0.567. The van der Waals surface area contributed by atoms with Gasteiger partial charge < -0.3 is 14.9 Å². The number of nitrogens with zero attached hydrogens (tertiary/aromatic N) is 2. The summed E-state index contributed by atoms with van der Waals surface area (Å²) in [4.78, 5) is 52.7. The molecule has 2 aliphatic heterocycles. The lowest BCUT2D eigenvalue weighted by Gasteiger charge is -2.28. The van der Waals surface area contributed by atoms with Gasteiger partial charge in [-0.05, 0) is 19.1 Å². The zero-order valence-electron chi connectivity index (χ0n) is 15.4. The number of ether oxygens (including phenoxy) is 1. The fourth-order valence-electron chi connectivity index (χ4n) is 3.86. The minimum absolute atomic E-state index is 0.0125. The smallest absolute Gasteiger partial charge is 0.330 e. The second kappa shape index (κ2) is 7.07. The molecule has 0 aliphatic carbocycles. The zero-order valence-corrected chi connectivity index (χ0v) is 15.4. The highest BCUT2D eigenvalue weighted by Crippen LogP contribution is 2.37. The van der Waals surface area contributed by atoms with Crippen molar-refractivity contribution in [2.75, 3.05) is 6.61 Å². The molecule has 0 unspecified atom stereocenters. The van der Waals surface area contributed by atoms with Crippen LogP contribution < -0.4 is 11.2 Å². The van der Waals surface area contributed by atoms with E-state index in [1.807, 2.05) is 0 Å². The van der Waals surface area contributed by atoms with Gasteiger partial charge in [0, 0.05) is 18.2 Å². The molecule has 1 aromatic heterocycles. The summed E-state index contributed by atoms with van der Waals surface area (Å²) in [5.74, 6) is -1.06. The molecule has 0 spiro atoms. The summed E-state index contributed by atoms with van der Waals surface area (Å²) in [7, 11) is 0. The van der Waals surface area contributed by atoms with E-state index in [4.69, 9.17) is 4.74 Å². The first-order valence-electron chi connectivity index (χ1n) is 9.07. The van der Waals surface area contributed by atoms with Gasteiger partial charge in [-0.3, -0.25) is 28.8 Å². The second-order valence-corrected chi connectivity index (χ2v) is 7.11. The van der Waals surface area contributed by atoms with Gasteiger partial charge in [0.2, 0.25) is 0 Å². The summed E-state index contributed by atoms with van der Waals surface area (Å²) in [6.07, 6.45) is -2.10. The van der Waals surface area contributed by atoms with E-state index in [2.05, 4.69) is 4.98 Å². The molecule has 0 bridgehead atoms. The Bertz CT molecular complexity index is 1070. The number of rotatable bonds is 4. The number of nitrogens with one attached hydrogen (secondary N) is 1. The normalized spacial score (nSPS) is 24.8. The molecule has 0 radical (unpaired) electrons. The van der Waals surface area contributed by atoms with Crippen molar-refractivity contribution in [3.05, 3.63) is 68.0 Å². The third-order valence-electron chi connectivity index (χ3n) is 5.32. The molecule has 10 nitrogen and oxygen atoms in total. The Balaban J connectivity index is 1.72. The number of hydrogen-bond donors (Lipinski definition) is 3.